The van der Waals surface area contributed by atoms with Crippen LogP contribution in [0.25, 0.3) is 0 Å². The largest absolute Gasteiger partial charge is 0.493 e. The number of carbonyl (C=O) groups excluding carboxylic acids is 1. The molecule has 1 aliphatic heterocycles. The van der Waals surface area contributed by atoms with E-state index in [1.807, 2.05) is 4.90 Å². The van der Waals surface area contributed by atoms with Gasteiger partial charge in [-0.1, -0.05) is 6.07 Å². The van der Waals surface area contributed by atoms with Gasteiger partial charge >= 0.3 is 6.18 Å². The fourth-order valence-corrected chi connectivity index (χ4v) is 3.75. The topological polar surface area (TPSA) is 51.2 Å². The Bertz CT molecular complexity index is 923. The van der Waals surface area contributed by atoms with Gasteiger partial charge in [0.25, 0.3) is 0 Å². The molecule has 0 unspecified atom stereocenters. The van der Waals surface area contributed by atoms with E-state index in [1.165, 1.54) is 33.5 Å². The van der Waals surface area contributed by atoms with Crippen LogP contribution in [0.15, 0.2) is 36.4 Å². The van der Waals surface area contributed by atoms with Gasteiger partial charge in [-0.15, -0.1) is 12.4 Å². The van der Waals surface area contributed by atoms with Gasteiger partial charge in [0.2, 0.25) is 5.75 Å². The van der Waals surface area contributed by atoms with Crippen LogP contribution in [0.2, 0.25) is 0 Å². The van der Waals surface area contributed by atoms with E-state index in [2.05, 4.69) is 4.90 Å². The summed E-state index contributed by atoms with van der Waals surface area (Å²) < 4.78 is 54.8. The Morgan fingerprint density at radius 3 is 2.06 bits per heavy atom. The van der Waals surface area contributed by atoms with Crippen molar-refractivity contribution in [3.63, 3.8) is 0 Å². The normalized spacial score (nSPS) is 14.4. The fourth-order valence-electron chi connectivity index (χ4n) is 3.75. The minimum atomic E-state index is -4.36. The second-order valence-corrected chi connectivity index (χ2v) is 7.46. The predicted octanol–water partition coefficient (Wildman–Crippen LogP) is 4.55. The molecule has 2 aromatic rings. The van der Waals surface area contributed by atoms with Crippen LogP contribution in [0.1, 0.15) is 22.3 Å². The molecule has 182 valence electrons. The summed E-state index contributed by atoms with van der Waals surface area (Å²) >= 11 is 0. The van der Waals surface area contributed by atoms with Crippen molar-refractivity contribution < 1.29 is 32.2 Å². The molecule has 1 heterocycles. The van der Waals surface area contributed by atoms with E-state index in [4.69, 9.17) is 14.2 Å². The van der Waals surface area contributed by atoms with Crippen LogP contribution in [-0.2, 0) is 6.18 Å². The number of anilines is 1. The zero-order chi connectivity index (χ0) is 23.3. The molecule has 3 rings (SSSR count). The van der Waals surface area contributed by atoms with E-state index in [1.54, 1.807) is 18.2 Å². The van der Waals surface area contributed by atoms with E-state index >= 15 is 0 Å². The molecular formula is C23H28ClF3N2O4. The number of rotatable bonds is 8. The molecular weight excluding hydrogens is 461 g/mol. The Morgan fingerprint density at radius 2 is 1.55 bits per heavy atom. The van der Waals surface area contributed by atoms with Crippen molar-refractivity contribution in [3.8, 4) is 17.2 Å². The van der Waals surface area contributed by atoms with Gasteiger partial charge in [0.15, 0.2) is 17.3 Å². The molecule has 0 amide bonds. The molecule has 0 N–H and O–H groups in total. The second-order valence-electron chi connectivity index (χ2n) is 7.46. The Morgan fingerprint density at radius 1 is 0.939 bits per heavy atom. The molecule has 1 saturated heterocycles. The molecule has 1 aliphatic rings. The summed E-state index contributed by atoms with van der Waals surface area (Å²) in [5.41, 5.74) is 0.392. The maximum absolute atomic E-state index is 13.0. The third kappa shape index (κ3) is 6.45. The van der Waals surface area contributed by atoms with Gasteiger partial charge in [-0.3, -0.25) is 9.69 Å². The number of hydrogen-bond acceptors (Lipinski definition) is 6. The van der Waals surface area contributed by atoms with Gasteiger partial charge in [-0.2, -0.15) is 13.2 Å². The average Bonchev–Trinajstić information content (AvgIpc) is 2.81. The van der Waals surface area contributed by atoms with Crippen LogP contribution in [0.3, 0.4) is 0 Å². The average molecular weight is 489 g/mol. The van der Waals surface area contributed by atoms with Gasteiger partial charge < -0.3 is 19.1 Å². The van der Waals surface area contributed by atoms with Crippen molar-refractivity contribution in [2.75, 3.05) is 59.0 Å². The number of halogens is 4. The number of methoxy groups -OCH3 is 3. The zero-order valence-corrected chi connectivity index (χ0v) is 19.6. The lowest BCUT2D eigenvalue weighted by atomic mass is 10.1. The summed E-state index contributed by atoms with van der Waals surface area (Å²) in [7, 11) is 4.49. The Hall–Kier alpha value is -2.65. The van der Waals surface area contributed by atoms with E-state index in [-0.39, 0.29) is 18.2 Å². The molecule has 0 atom stereocenters. The molecule has 10 heteroatoms. The molecule has 0 saturated carbocycles. The highest BCUT2D eigenvalue weighted by Crippen LogP contribution is 2.38. The smallest absolute Gasteiger partial charge is 0.416 e. The number of carbonyl (C=O) groups is 1. The SMILES string of the molecule is COc1cc(C(=O)CCN2CCN(c3cccc(C(F)(F)F)c3)CC2)cc(OC)c1OC.Cl. The van der Waals surface area contributed by atoms with E-state index in [0.29, 0.717) is 67.6 Å². The third-order valence-electron chi connectivity index (χ3n) is 5.55. The van der Waals surface area contributed by atoms with Crippen molar-refractivity contribution in [2.24, 2.45) is 0 Å². The maximum Gasteiger partial charge on any atom is 0.416 e. The maximum atomic E-state index is 13.0. The monoisotopic (exact) mass is 488 g/mol. The number of hydrogen-bond donors (Lipinski definition) is 0. The lowest BCUT2D eigenvalue weighted by molar-refractivity contribution is -0.137. The number of alkyl halides is 3. The van der Waals surface area contributed by atoms with Gasteiger partial charge in [-0.25, -0.2) is 0 Å². The van der Waals surface area contributed by atoms with Gasteiger partial charge in [-0.05, 0) is 30.3 Å². The number of ketones is 1. The Balaban J connectivity index is 0.00000385. The first kappa shape index (κ1) is 26.6. The summed E-state index contributed by atoms with van der Waals surface area (Å²) in [5.74, 6) is 1.22. The number of ether oxygens (including phenoxy) is 3. The van der Waals surface area contributed by atoms with Crippen LogP contribution < -0.4 is 19.1 Å². The van der Waals surface area contributed by atoms with E-state index in [9.17, 15) is 18.0 Å². The molecule has 0 bridgehead atoms. The number of piperazine rings is 1. The van der Waals surface area contributed by atoms with Crippen molar-refractivity contribution in [1.82, 2.24) is 4.90 Å². The van der Waals surface area contributed by atoms with E-state index in [0.717, 1.165) is 6.07 Å². The van der Waals surface area contributed by atoms with Crippen LogP contribution >= 0.6 is 12.4 Å². The fraction of sp³-hybridized carbons (Fsp3) is 0.435. The van der Waals surface area contributed by atoms with Gasteiger partial charge in [0, 0.05) is 50.4 Å². The van der Waals surface area contributed by atoms with Crippen LogP contribution in [-0.4, -0.2) is 64.7 Å². The second kappa shape index (κ2) is 11.5. The molecule has 0 radical (unpaired) electrons. The molecule has 0 aromatic heterocycles. The first-order chi connectivity index (χ1) is 15.3. The van der Waals surface area contributed by atoms with E-state index < -0.39 is 11.7 Å². The minimum absolute atomic E-state index is 0. The number of benzene rings is 2. The van der Waals surface area contributed by atoms with Crippen molar-refractivity contribution >= 4 is 23.9 Å². The number of nitrogens with zero attached hydrogens (tertiary/aromatic N) is 2. The lowest BCUT2D eigenvalue weighted by Crippen LogP contribution is -2.47. The molecule has 33 heavy (non-hydrogen) atoms. The predicted molar refractivity (Wildman–Crippen MR) is 122 cm³/mol. The van der Waals surface area contributed by atoms with Crippen LogP contribution in [0.4, 0.5) is 18.9 Å². The highest BCUT2D eigenvalue weighted by atomic mass is 35.5. The highest BCUT2D eigenvalue weighted by molar-refractivity contribution is 5.97. The molecule has 0 spiro atoms. The standard InChI is InChI=1S/C23H27F3N2O4.ClH/c1-30-20-13-16(14-21(31-2)22(20)32-3)19(29)7-8-27-9-11-28(12-10-27)18-6-4-5-17(15-18)23(24,25)26;/h4-6,13-15H,7-12H2,1-3H3;1H. The Labute approximate surface area is 197 Å². The number of Topliss-reactive ketones (excluding diaryl/α,β-unsaturated/α-hetero) is 1. The van der Waals surface area contributed by atoms with Gasteiger partial charge in [0.1, 0.15) is 0 Å². The van der Waals surface area contributed by atoms with Crippen molar-refractivity contribution in [2.45, 2.75) is 12.6 Å². The lowest BCUT2D eigenvalue weighted by Gasteiger charge is -2.36. The third-order valence-corrected chi connectivity index (χ3v) is 5.55. The van der Waals surface area contributed by atoms with Crippen LogP contribution in [0.5, 0.6) is 17.2 Å². The summed E-state index contributed by atoms with van der Waals surface area (Å²) in [6.45, 7) is 3.09. The molecule has 2 aromatic carbocycles. The van der Waals surface area contributed by atoms with Crippen LogP contribution in [0, 0.1) is 0 Å². The Kier molecular flexibility index (Phi) is 9.25. The first-order valence-corrected chi connectivity index (χ1v) is 10.2. The highest BCUT2D eigenvalue weighted by Gasteiger charge is 2.31. The minimum Gasteiger partial charge on any atom is -0.493 e. The van der Waals surface area contributed by atoms with Crippen molar-refractivity contribution in [3.05, 3.63) is 47.5 Å². The molecule has 0 aliphatic carbocycles. The molecule has 1 fully saturated rings. The quantitative estimate of drug-likeness (QED) is 0.508. The zero-order valence-electron chi connectivity index (χ0n) is 18.8. The van der Waals surface area contributed by atoms with Gasteiger partial charge in [0.05, 0.1) is 26.9 Å². The van der Waals surface area contributed by atoms with Crippen molar-refractivity contribution in [1.29, 1.82) is 0 Å². The molecule has 6 nitrogen and oxygen atoms in total. The first-order valence-electron chi connectivity index (χ1n) is 10.2. The summed E-state index contributed by atoms with van der Waals surface area (Å²) in [4.78, 5) is 16.8. The summed E-state index contributed by atoms with van der Waals surface area (Å²) in [5, 5.41) is 0. The summed E-state index contributed by atoms with van der Waals surface area (Å²) in [6, 6.07) is 8.65. The summed E-state index contributed by atoms with van der Waals surface area (Å²) in [6.07, 6.45) is -4.05.